The molecule has 0 aliphatic carbocycles. The molecule has 0 aliphatic rings. The summed E-state index contributed by atoms with van der Waals surface area (Å²) < 4.78 is 7.57. The molecule has 0 saturated carbocycles. The molecule has 0 bridgehead atoms. The molecule has 0 fully saturated rings. The quantitative estimate of drug-likeness (QED) is 0.731. The van der Waals surface area contributed by atoms with Crippen molar-refractivity contribution in [2.24, 2.45) is 7.05 Å². The number of amides is 1. The van der Waals surface area contributed by atoms with Crippen LogP contribution in [0, 0.1) is 0 Å². The maximum atomic E-state index is 12.3. The predicted octanol–water partition coefficient (Wildman–Crippen LogP) is 3.96. The zero-order chi connectivity index (χ0) is 18.0. The second kappa shape index (κ2) is 7.33. The number of nitrogens with one attached hydrogen (secondary N) is 1. The van der Waals surface area contributed by atoms with Crippen LogP contribution in [0.3, 0.4) is 0 Å². The third-order valence-corrected chi connectivity index (χ3v) is 4.61. The zero-order valence-corrected chi connectivity index (χ0v) is 15.3. The van der Waals surface area contributed by atoms with E-state index in [9.17, 15) is 4.79 Å². The largest absolute Gasteiger partial charge is 0.481 e. The van der Waals surface area contributed by atoms with E-state index in [2.05, 4.69) is 10.3 Å². The van der Waals surface area contributed by atoms with Gasteiger partial charge in [0.25, 0.3) is 5.91 Å². The molecule has 25 heavy (non-hydrogen) atoms. The summed E-state index contributed by atoms with van der Waals surface area (Å²) in [5.41, 5.74) is 1.92. The first-order valence-corrected chi connectivity index (χ1v) is 8.51. The lowest BCUT2D eigenvalue weighted by Gasteiger charge is -2.15. The number of hydrogen-bond donors (Lipinski definition) is 1. The number of carbonyl (C=O) groups is 1. The van der Waals surface area contributed by atoms with Gasteiger partial charge in [0.15, 0.2) is 6.10 Å². The van der Waals surface area contributed by atoms with Crippen LogP contribution in [0.15, 0.2) is 42.5 Å². The monoisotopic (exact) mass is 377 g/mol. The topological polar surface area (TPSA) is 56.1 Å². The van der Waals surface area contributed by atoms with E-state index in [1.807, 2.05) is 35.9 Å². The van der Waals surface area contributed by atoms with Gasteiger partial charge in [0, 0.05) is 13.1 Å². The van der Waals surface area contributed by atoms with Gasteiger partial charge in [-0.15, -0.1) is 0 Å². The second-order valence-corrected chi connectivity index (χ2v) is 6.44. The number of halogens is 2. The Balaban J connectivity index is 1.63. The van der Waals surface area contributed by atoms with Crippen molar-refractivity contribution in [3.63, 3.8) is 0 Å². The molecule has 0 spiro atoms. The van der Waals surface area contributed by atoms with Gasteiger partial charge in [0.05, 0.1) is 27.6 Å². The Bertz CT molecular complexity index is 924. The van der Waals surface area contributed by atoms with Crippen molar-refractivity contribution < 1.29 is 9.53 Å². The molecule has 0 aliphatic heterocycles. The number of aromatic nitrogens is 2. The van der Waals surface area contributed by atoms with E-state index in [-0.39, 0.29) is 5.91 Å². The predicted molar refractivity (Wildman–Crippen MR) is 99.1 cm³/mol. The number of aryl methyl sites for hydroxylation is 1. The first-order chi connectivity index (χ1) is 12.0. The Morgan fingerprint density at radius 2 is 2.00 bits per heavy atom. The second-order valence-electron chi connectivity index (χ2n) is 5.63. The highest BCUT2D eigenvalue weighted by Crippen LogP contribution is 2.26. The molecule has 0 saturated heterocycles. The Morgan fingerprint density at radius 1 is 1.24 bits per heavy atom. The highest BCUT2D eigenvalue weighted by Gasteiger charge is 2.16. The van der Waals surface area contributed by atoms with Crippen LogP contribution in [0.4, 0.5) is 0 Å². The number of fused-ring (bicyclic) bond motifs is 1. The molecule has 3 rings (SSSR count). The molecular formula is C18H17Cl2N3O2. The summed E-state index contributed by atoms with van der Waals surface area (Å²) in [4.78, 5) is 16.8. The molecule has 3 aromatic rings. The van der Waals surface area contributed by atoms with Gasteiger partial charge >= 0.3 is 0 Å². The van der Waals surface area contributed by atoms with Crippen molar-refractivity contribution in [1.29, 1.82) is 0 Å². The van der Waals surface area contributed by atoms with Crippen molar-refractivity contribution in [3.8, 4) is 5.75 Å². The molecule has 1 amide bonds. The number of para-hydroxylation sites is 2. The van der Waals surface area contributed by atoms with Gasteiger partial charge in [-0.1, -0.05) is 35.3 Å². The average Bonchev–Trinajstić information content (AvgIpc) is 2.92. The number of hydrogen-bond acceptors (Lipinski definition) is 3. The summed E-state index contributed by atoms with van der Waals surface area (Å²) >= 11 is 11.8. The number of ether oxygens (including phenoxy) is 1. The van der Waals surface area contributed by atoms with E-state index in [1.165, 1.54) is 0 Å². The van der Waals surface area contributed by atoms with Crippen LogP contribution < -0.4 is 10.1 Å². The lowest BCUT2D eigenvalue weighted by atomic mass is 10.3. The fourth-order valence-electron chi connectivity index (χ4n) is 2.47. The van der Waals surface area contributed by atoms with Gasteiger partial charge in [0.2, 0.25) is 0 Å². The van der Waals surface area contributed by atoms with Gasteiger partial charge in [-0.2, -0.15) is 0 Å². The van der Waals surface area contributed by atoms with Crippen LogP contribution in [-0.4, -0.2) is 21.6 Å². The molecular weight excluding hydrogens is 361 g/mol. The molecule has 1 heterocycles. The van der Waals surface area contributed by atoms with Crippen molar-refractivity contribution in [2.45, 2.75) is 19.6 Å². The van der Waals surface area contributed by atoms with Crippen LogP contribution >= 0.6 is 23.2 Å². The van der Waals surface area contributed by atoms with E-state index in [1.54, 1.807) is 25.1 Å². The summed E-state index contributed by atoms with van der Waals surface area (Å²) in [5, 5.41) is 3.66. The summed E-state index contributed by atoms with van der Waals surface area (Å²) in [5.74, 6) is 1.02. The van der Waals surface area contributed by atoms with E-state index < -0.39 is 6.10 Å². The molecule has 1 atom stereocenters. The SMILES string of the molecule is CC(Oc1ccc(Cl)c(Cl)c1)C(=O)NCc1nc2ccccc2n1C. The lowest BCUT2D eigenvalue weighted by molar-refractivity contribution is -0.127. The number of rotatable bonds is 5. The Hall–Kier alpha value is -2.24. The molecule has 0 radical (unpaired) electrons. The molecule has 1 aromatic heterocycles. The highest BCUT2D eigenvalue weighted by atomic mass is 35.5. The highest BCUT2D eigenvalue weighted by molar-refractivity contribution is 6.42. The van der Waals surface area contributed by atoms with Crippen LogP contribution in [-0.2, 0) is 18.4 Å². The Morgan fingerprint density at radius 3 is 2.72 bits per heavy atom. The molecule has 2 aromatic carbocycles. The minimum absolute atomic E-state index is 0.238. The van der Waals surface area contributed by atoms with Crippen molar-refractivity contribution in [3.05, 3.63) is 58.3 Å². The van der Waals surface area contributed by atoms with Crippen LogP contribution in [0.5, 0.6) is 5.75 Å². The maximum absolute atomic E-state index is 12.3. The van der Waals surface area contributed by atoms with Crippen LogP contribution in [0.2, 0.25) is 10.0 Å². The molecule has 1 N–H and O–H groups in total. The molecule has 7 heteroatoms. The van der Waals surface area contributed by atoms with Gasteiger partial charge < -0.3 is 14.6 Å². The zero-order valence-electron chi connectivity index (χ0n) is 13.8. The first kappa shape index (κ1) is 17.6. The van der Waals surface area contributed by atoms with Gasteiger partial charge in [-0.3, -0.25) is 4.79 Å². The number of imidazole rings is 1. The maximum Gasteiger partial charge on any atom is 0.261 e. The minimum Gasteiger partial charge on any atom is -0.481 e. The van der Waals surface area contributed by atoms with Crippen LogP contribution in [0.1, 0.15) is 12.7 Å². The molecule has 130 valence electrons. The molecule has 5 nitrogen and oxygen atoms in total. The van der Waals surface area contributed by atoms with Gasteiger partial charge in [-0.05, 0) is 31.2 Å². The van der Waals surface area contributed by atoms with Crippen molar-refractivity contribution in [2.75, 3.05) is 0 Å². The van der Waals surface area contributed by atoms with E-state index >= 15 is 0 Å². The summed E-state index contributed by atoms with van der Waals surface area (Å²) in [6.45, 7) is 1.99. The van der Waals surface area contributed by atoms with Crippen molar-refractivity contribution in [1.82, 2.24) is 14.9 Å². The standard InChI is InChI=1S/C18H17Cl2N3O2/c1-11(25-12-7-8-13(19)14(20)9-12)18(24)21-10-17-22-15-5-3-4-6-16(15)23(17)2/h3-9,11H,10H2,1-2H3,(H,21,24). The number of benzene rings is 2. The van der Waals surface area contributed by atoms with Gasteiger partial charge in [-0.25, -0.2) is 4.98 Å². The fraction of sp³-hybridized carbons (Fsp3) is 0.222. The third-order valence-electron chi connectivity index (χ3n) is 3.87. The van der Waals surface area contributed by atoms with Crippen molar-refractivity contribution >= 4 is 40.1 Å². The summed E-state index contributed by atoms with van der Waals surface area (Å²) in [7, 11) is 1.92. The minimum atomic E-state index is -0.674. The summed E-state index contributed by atoms with van der Waals surface area (Å²) in [6, 6.07) is 12.7. The summed E-state index contributed by atoms with van der Waals surface area (Å²) in [6.07, 6.45) is -0.674. The van der Waals surface area contributed by atoms with Gasteiger partial charge in [0.1, 0.15) is 11.6 Å². The third kappa shape index (κ3) is 3.89. The lowest BCUT2D eigenvalue weighted by Crippen LogP contribution is -2.36. The normalized spacial score (nSPS) is 12.2. The number of nitrogens with zero attached hydrogens (tertiary/aromatic N) is 2. The Kier molecular flexibility index (Phi) is 5.16. The first-order valence-electron chi connectivity index (χ1n) is 7.75. The molecule has 1 unspecified atom stereocenters. The Labute approximate surface area is 155 Å². The van der Waals surface area contributed by atoms with E-state index in [0.717, 1.165) is 16.9 Å². The number of carbonyl (C=O) groups excluding carboxylic acids is 1. The van der Waals surface area contributed by atoms with Crippen LogP contribution in [0.25, 0.3) is 11.0 Å². The van der Waals surface area contributed by atoms with E-state index in [0.29, 0.717) is 22.3 Å². The van der Waals surface area contributed by atoms with E-state index in [4.69, 9.17) is 27.9 Å². The fourth-order valence-corrected chi connectivity index (χ4v) is 2.76. The smallest absolute Gasteiger partial charge is 0.261 e. The average molecular weight is 378 g/mol.